The number of hydrogen-bond acceptors (Lipinski definition) is 3. The van der Waals surface area contributed by atoms with Gasteiger partial charge < -0.3 is 10.6 Å². The van der Waals surface area contributed by atoms with Crippen molar-refractivity contribution in [2.75, 3.05) is 39.0 Å². The van der Waals surface area contributed by atoms with E-state index in [1.54, 1.807) is 0 Å². The largest absolute Gasteiger partial charge is 0.357 e. The highest BCUT2D eigenvalue weighted by atomic mass is 32.2. The van der Waals surface area contributed by atoms with Crippen molar-refractivity contribution in [3.8, 4) is 0 Å². The first-order valence-electron chi connectivity index (χ1n) is 8.98. The van der Waals surface area contributed by atoms with Crippen LogP contribution < -0.4 is 10.6 Å². The first kappa shape index (κ1) is 21.4. The number of aliphatic imine (C=N–C) groups is 1. The van der Waals surface area contributed by atoms with Crippen LogP contribution in [-0.2, 0) is 16.4 Å². The monoisotopic (exact) mass is 368 g/mol. The average molecular weight is 369 g/mol. The lowest BCUT2D eigenvalue weighted by atomic mass is 10.1. The molecule has 1 rings (SSSR count). The fraction of sp³-hybridized carbons (Fsp3) is 0.611. The van der Waals surface area contributed by atoms with Gasteiger partial charge in [-0.25, -0.2) is 12.7 Å². The molecule has 6 nitrogen and oxygen atoms in total. The molecule has 0 saturated carbocycles. The first-order valence-corrected chi connectivity index (χ1v) is 10.8. The van der Waals surface area contributed by atoms with Crippen molar-refractivity contribution in [3.63, 3.8) is 0 Å². The van der Waals surface area contributed by atoms with Crippen LogP contribution in [0.5, 0.6) is 0 Å². The van der Waals surface area contributed by atoms with E-state index in [1.165, 1.54) is 16.1 Å². The first-order chi connectivity index (χ1) is 12.0. The molecule has 0 atom stereocenters. The van der Waals surface area contributed by atoms with Crippen LogP contribution in [0.15, 0.2) is 35.3 Å². The van der Waals surface area contributed by atoms with Crippen LogP contribution >= 0.6 is 0 Å². The summed E-state index contributed by atoms with van der Waals surface area (Å²) in [6, 6.07) is 10.4. The third-order valence-electron chi connectivity index (χ3n) is 3.78. The van der Waals surface area contributed by atoms with Gasteiger partial charge in [0.05, 0.1) is 6.26 Å². The van der Waals surface area contributed by atoms with Gasteiger partial charge in [0.1, 0.15) is 0 Å². The quantitative estimate of drug-likeness (QED) is 0.355. The molecule has 0 aliphatic heterocycles. The predicted molar refractivity (Wildman–Crippen MR) is 105 cm³/mol. The second-order valence-electron chi connectivity index (χ2n) is 5.88. The van der Waals surface area contributed by atoms with E-state index in [2.05, 4.69) is 39.9 Å². The molecule has 1 aromatic carbocycles. The Balaban J connectivity index is 2.33. The van der Waals surface area contributed by atoms with Crippen LogP contribution in [0.3, 0.4) is 0 Å². The van der Waals surface area contributed by atoms with Crippen LogP contribution in [0.25, 0.3) is 0 Å². The van der Waals surface area contributed by atoms with Gasteiger partial charge in [0.25, 0.3) is 0 Å². The minimum Gasteiger partial charge on any atom is -0.357 e. The minimum absolute atomic E-state index is 0.506. The molecule has 1 aromatic rings. The number of nitrogens with one attached hydrogen (secondary N) is 2. The molecule has 7 heteroatoms. The van der Waals surface area contributed by atoms with E-state index in [9.17, 15) is 8.42 Å². The summed E-state index contributed by atoms with van der Waals surface area (Å²) in [7, 11) is -3.11. The highest BCUT2D eigenvalue weighted by molar-refractivity contribution is 7.88. The number of aryl methyl sites for hydroxylation is 1. The van der Waals surface area contributed by atoms with E-state index in [1.807, 2.05) is 19.9 Å². The third kappa shape index (κ3) is 9.45. The molecule has 0 radical (unpaired) electrons. The Labute approximate surface area is 152 Å². The fourth-order valence-corrected chi connectivity index (χ4v) is 3.41. The van der Waals surface area contributed by atoms with E-state index in [0.29, 0.717) is 19.6 Å². The molecule has 0 unspecified atom stereocenters. The Morgan fingerprint density at radius 3 is 2.44 bits per heavy atom. The second kappa shape index (κ2) is 11.9. The molecule has 0 aromatic heterocycles. The summed E-state index contributed by atoms with van der Waals surface area (Å²) in [5, 5.41) is 6.49. The van der Waals surface area contributed by atoms with E-state index in [0.717, 1.165) is 38.3 Å². The van der Waals surface area contributed by atoms with Crippen LogP contribution in [0.1, 0.15) is 32.3 Å². The molecular formula is C18H32N4O2S. The third-order valence-corrected chi connectivity index (χ3v) is 5.16. The molecule has 25 heavy (non-hydrogen) atoms. The van der Waals surface area contributed by atoms with Gasteiger partial charge in [-0.15, -0.1) is 0 Å². The van der Waals surface area contributed by atoms with Gasteiger partial charge in [-0.05, 0) is 31.7 Å². The van der Waals surface area contributed by atoms with E-state index < -0.39 is 10.0 Å². The van der Waals surface area contributed by atoms with Crippen molar-refractivity contribution in [1.82, 2.24) is 14.9 Å². The van der Waals surface area contributed by atoms with Crippen LogP contribution in [0.2, 0.25) is 0 Å². The minimum atomic E-state index is -3.11. The number of benzene rings is 1. The lowest BCUT2D eigenvalue weighted by Crippen LogP contribution is -2.39. The van der Waals surface area contributed by atoms with Crippen LogP contribution in [-0.4, -0.2) is 57.7 Å². The molecule has 0 amide bonds. The Kier molecular flexibility index (Phi) is 10.2. The molecule has 142 valence electrons. The molecule has 0 fully saturated rings. The Morgan fingerprint density at radius 2 is 1.84 bits per heavy atom. The molecule has 0 spiro atoms. The van der Waals surface area contributed by atoms with Gasteiger partial charge in [-0.1, -0.05) is 37.3 Å². The topological polar surface area (TPSA) is 73.8 Å². The maximum Gasteiger partial charge on any atom is 0.211 e. The van der Waals surface area contributed by atoms with Crippen LogP contribution in [0, 0.1) is 0 Å². The van der Waals surface area contributed by atoms with Gasteiger partial charge >= 0.3 is 0 Å². The molecule has 0 heterocycles. The molecule has 0 aliphatic carbocycles. The Bertz CT molecular complexity index is 603. The highest BCUT2D eigenvalue weighted by Gasteiger charge is 2.13. The van der Waals surface area contributed by atoms with Crippen molar-refractivity contribution in [3.05, 3.63) is 35.9 Å². The number of hydrogen-bond donors (Lipinski definition) is 2. The normalized spacial score (nSPS) is 12.4. The summed E-state index contributed by atoms with van der Waals surface area (Å²) in [6.45, 7) is 7.17. The van der Waals surface area contributed by atoms with Gasteiger partial charge in [-0.3, -0.25) is 4.99 Å². The smallest absolute Gasteiger partial charge is 0.211 e. The van der Waals surface area contributed by atoms with E-state index in [-0.39, 0.29) is 0 Å². The molecule has 0 bridgehead atoms. The van der Waals surface area contributed by atoms with Gasteiger partial charge in [0, 0.05) is 32.7 Å². The standard InChI is InChI=1S/C18H32N4O2S/c1-4-19-18(20-14-9-13-17-11-7-6-8-12-17)21-15-10-16-22(5-2)25(3,23)24/h6-8,11-12H,4-5,9-10,13-16H2,1-3H3,(H2,19,20,21). The zero-order chi connectivity index (χ0) is 18.5. The van der Waals surface area contributed by atoms with E-state index in [4.69, 9.17) is 0 Å². The summed E-state index contributed by atoms with van der Waals surface area (Å²) >= 11 is 0. The summed E-state index contributed by atoms with van der Waals surface area (Å²) in [4.78, 5) is 4.58. The lowest BCUT2D eigenvalue weighted by molar-refractivity contribution is 0.424. The van der Waals surface area contributed by atoms with Crippen LogP contribution in [0.4, 0.5) is 0 Å². The number of nitrogens with zero attached hydrogens (tertiary/aromatic N) is 2. The predicted octanol–water partition coefficient (Wildman–Crippen LogP) is 1.85. The molecule has 2 N–H and O–H groups in total. The van der Waals surface area contributed by atoms with Crippen molar-refractivity contribution in [2.24, 2.45) is 4.99 Å². The van der Waals surface area contributed by atoms with Crippen molar-refractivity contribution < 1.29 is 8.42 Å². The maximum atomic E-state index is 11.6. The zero-order valence-corrected chi connectivity index (χ0v) is 16.5. The zero-order valence-electron chi connectivity index (χ0n) is 15.7. The summed E-state index contributed by atoms with van der Waals surface area (Å²) in [5.41, 5.74) is 1.33. The van der Waals surface area contributed by atoms with Crippen molar-refractivity contribution in [2.45, 2.75) is 33.1 Å². The average Bonchev–Trinajstić information content (AvgIpc) is 2.58. The molecule has 0 saturated heterocycles. The Hall–Kier alpha value is -1.60. The van der Waals surface area contributed by atoms with Gasteiger partial charge in [0.15, 0.2) is 5.96 Å². The van der Waals surface area contributed by atoms with E-state index >= 15 is 0 Å². The van der Waals surface area contributed by atoms with Gasteiger partial charge in [-0.2, -0.15) is 0 Å². The fourth-order valence-electron chi connectivity index (χ4n) is 2.48. The second-order valence-corrected chi connectivity index (χ2v) is 7.87. The molecular weight excluding hydrogens is 336 g/mol. The SMILES string of the molecule is CCNC(=NCCCc1ccccc1)NCCCN(CC)S(C)(=O)=O. The Morgan fingerprint density at radius 1 is 1.12 bits per heavy atom. The van der Waals surface area contributed by atoms with Gasteiger partial charge in [0.2, 0.25) is 10.0 Å². The number of rotatable bonds is 11. The van der Waals surface area contributed by atoms with Crippen molar-refractivity contribution >= 4 is 16.0 Å². The summed E-state index contributed by atoms with van der Waals surface area (Å²) < 4.78 is 24.6. The summed E-state index contributed by atoms with van der Waals surface area (Å²) in [6.07, 6.45) is 4.01. The lowest BCUT2D eigenvalue weighted by Gasteiger charge is -2.18. The highest BCUT2D eigenvalue weighted by Crippen LogP contribution is 2.02. The number of guanidine groups is 1. The summed E-state index contributed by atoms with van der Waals surface area (Å²) in [5.74, 6) is 0.790. The maximum absolute atomic E-state index is 11.6. The number of sulfonamides is 1. The van der Waals surface area contributed by atoms with Crippen molar-refractivity contribution in [1.29, 1.82) is 0 Å². The molecule has 0 aliphatic rings.